The fourth-order valence-corrected chi connectivity index (χ4v) is 1.93. The topological polar surface area (TPSA) is 45.1 Å². The molecule has 0 saturated heterocycles. The van der Waals surface area contributed by atoms with Gasteiger partial charge in [0.1, 0.15) is 0 Å². The van der Waals surface area contributed by atoms with Gasteiger partial charge in [-0.15, -0.1) is 0 Å². The van der Waals surface area contributed by atoms with E-state index in [4.69, 9.17) is 0 Å². The highest BCUT2D eigenvalue weighted by Crippen LogP contribution is 2.20. The molecule has 1 aromatic heterocycles. The Morgan fingerprint density at radius 2 is 1.95 bits per heavy atom. The average Bonchev–Trinajstić information content (AvgIpc) is 2.42. The molecule has 2 aromatic rings. The first-order valence-electron chi connectivity index (χ1n) is 6.27. The molecule has 0 aliphatic heterocycles. The molecular formula is C15H17FN2O. The number of anilines is 1. The van der Waals surface area contributed by atoms with Gasteiger partial charge in [-0.25, -0.2) is 9.37 Å². The van der Waals surface area contributed by atoms with E-state index in [1.165, 1.54) is 12.3 Å². The molecule has 4 heteroatoms. The van der Waals surface area contributed by atoms with Crippen LogP contribution in [0.15, 0.2) is 48.7 Å². The van der Waals surface area contributed by atoms with Crippen molar-refractivity contribution in [2.75, 3.05) is 5.32 Å². The lowest BCUT2D eigenvalue weighted by atomic mass is 10.0. The highest BCUT2D eigenvalue weighted by molar-refractivity contribution is 5.36. The van der Waals surface area contributed by atoms with Crippen LogP contribution in [0, 0.1) is 5.82 Å². The summed E-state index contributed by atoms with van der Waals surface area (Å²) in [7, 11) is 0. The molecule has 0 radical (unpaired) electrons. The summed E-state index contributed by atoms with van der Waals surface area (Å²) >= 11 is 0. The van der Waals surface area contributed by atoms with Crippen molar-refractivity contribution in [2.24, 2.45) is 0 Å². The third-order valence-electron chi connectivity index (χ3n) is 2.90. The number of rotatable bonds is 5. The predicted molar refractivity (Wildman–Crippen MR) is 73.3 cm³/mol. The van der Waals surface area contributed by atoms with Gasteiger partial charge in [0.05, 0.1) is 6.10 Å². The van der Waals surface area contributed by atoms with Crippen molar-refractivity contribution in [3.8, 4) is 0 Å². The van der Waals surface area contributed by atoms with Gasteiger partial charge >= 0.3 is 0 Å². The Kier molecular flexibility index (Phi) is 4.47. The van der Waals surface area contributed by atoms with Gasteiger partial charge in [-0.3, -0.25) is 0 Å². The van der Waals surface area contributed by atoms with Gasteiger partial charge in [0, 0.05) is 12.2 Å². The van der Waals surface area contributed by atoms with Crippen molar-refractivity contribution in [3.63, 3.8) is 0 Å². The summed E-state index contributed by atoms with van der Waals surface area (Å²) in [5, 5.41) is 13.0. The number of aliphatic hydroxyl groups excluding tert-OH is 1. The normalized spacial score (nSPS) is 13.8. The van der Waals surface area contributed by atoms with Crippen molar-refractivity contribution >= 4 is 5.82 Å². The molecule has 2 rings (SSSR count). The van der Waals surface area contributed by atoms with E-state index >= 15 is 0 Å². The molecule has 100 valence electrons. The first-order valence-corrected chi connectivity index (χ1v) is 6.27. The van der Waals surface area contributed by atoms with Crippen LogP contribution in [0.5, 0.6) is 0 Å². The van der Waals surface area contributed by atoms with Crippen LogP contribution in [-0.4, -0.2) is 16.1 Å². The van der Waals surface area contributed by atoms with Gasteiger partial charge < -0.3 is 10.4 Å². The number of aliphatic hydroxyl groups is 1. The summed E-state index contributed by atoms with van der Waals surface area (Å²) in [6.07, 6.45) is 1.45. The molecule has 19 heavy (non-hydrogen) atoms. The zero-order valence-corrected chi connectivity index (χ0v) is 10.8. The van der Waals surface area contributed by atoms with E-state index in [-0.39, 0.29) is 17.7 Å². The number of hydrogen-bond donors (Lipinski definition) is 2. The summed E-state index contributed by atoms with van der Waals surface area (Å²) in [5.41, 5.74) is 0.859. The second-order valence-electron chi connectivity index (χ2n) is 4.54. The summed E-state index contributed by atoms with van der Waals surface area (Å²) in [6.45, 7) is 1.89. The van der Waals surface area contributed by atoms with E-state index in [1.807, 2.05) is 37.3 Å². The molecule has 0 unspecified atom stereocenters. The minimum absolute atomic E-state index is 0.0837. The standard InChI is InChI=1S/C15H17FN2O/c1-11(18-15-13(16)8-5-9-17-15)10-14(19)12-6-3-2-4-7-12/h2-9,11,14,19H,10H2,1H3,(H,17,18)/t11-,14-/m1/s1. The molecule has 0 spiro atoms. The van der Waals surface area contributed by atoms with E-state index in [9.17, 15) is 9.50 Å². The van der Waals surface area contributed by atoms with E-state index in [0.717, 1.165) is 5.56 Å². The minimum atomic E-state index is -0.574. The van der Waals surface area contributed by atoms with Crippen molar-refractivity contribution in [2.45, 2.75) is 25.5 Å². The average molecular weight is 260 g/mol. The molecule has 1 aromatic carbocycles. The highest BCUT2D eigenvalue weighted by Gasteiger charge is 2.13. The number of aromatic nitrogens is 1. The highest BCUT2D eigenvalue weighted by atomic mass is 19.1. The van der Waals surface area contributed by atoms with Crippen LogP contribution in [0.1, 0.15) is 25.0 Å². The first kappa shape index (κ1) is 13.5. The molecular weight excluding hydrogens is 243 g/mol. The van der Waals surface area contributed by atoms with Crippen LogP contribution in [0.4, 0.5) is 10.2 Å². The van der Waals surface area contributed by atoms with Crippen molar-refractivity contribution < 1.29 is 9.50 Å². The third kappa shape index (κ3) is 3.76. The maximum absolute atomic E-state index is 13.4. The molecule has 0 aliphatic rings. The molecule has 0 fully saturated rings. The second-order valence-corrected chi connectivity index (χ2v) is 4.54. The van der Waals surface area contributed by atoms with Gasteiger partial charge in [0.2, 0.25) is 0 Å². The number of pyridine rings is 1. The Balaban J connectivity index is 1.95. The van der Waals surface area contributed by atoms with Crippen LogP contribution >= 0.6 is 0 Å². The van der Waals surface area contributed by atoms with Gasteiger partial charge in [-0.1, -0.05) is 30.3 Å². The second kappa shape index (κ2) is 6.29. The predicted octanol–water partition coefficient (Wildman–Crippen LogP) is 3.14. The maximum Gasteiger partial charge on any atom is 0.165 e. The van der Waals surface area contributed by atoms with Crippen molar-refractivity contribution in [1.82, 2.24) is 4.98 Å². The zero-order valence-electron chi connectivity index (χ0n) is 10.8. The SMILES string of the molecule is C[C@H](C[C@@H](O)c1ccccc1)Nc1ncccc1F. The van der Waals surface area contributed by atoms with E-state index in [1.54, 1.807) is 6.07 Å². The molecule has 1 heterocycles. The summed E-state index contributed by atoms with van der Waals surface area (Å²) in [4.78, 5) is 3.93. The Hall–Kier alpha value is -1.94. The van der Waals surface area contributed by atoms with Gasteiger partial charge in [0.25, 0.3) is 0 Å². The molecule has 3 nitrogen and oxygen atoms in total. The summed E-state index contributed by atoms with van der Waals surface area (Å²) < 4.78 is 13.4. The molecule has 0 bridgehead atoms. The molecule has 0 amide bonds. The Bertz CT molecular complexity index is 519. The van der Waals surface area contributed by atoms with Gasteiger partial charge in [-0.2, -0.15) is 0 Å². The zero-order chi connectivity index (χ0) is 13.7. The van der Waals surface area contributed by atoms with Crippen LogP contribution < -0.4 is 5.32 Å². The monoisotopic (exact) mass is 260 g/mol. The lowest BCUT2D eigenvalue weighted by Gasteiger charge is -2.18. The van der Waals surface area contributed by atoms with Gasteiger partial charge in [-0.05, 0) is 31.0 Å². The Labute approximate surface area is 112 Å². The van der Waals surface area contributed by atoms with Crippen molar-refractivity contribution in [3.05, 3.63) is 60.0 Å². The van der Waals surface area contributed by atoms with Crippen molar-refractivity contribution in [1.29, 1.82) is 0 Å². The van der Waals surface area contributed by atoms with Crippen LogP contribution in [0.2, 0.25) is 0 Å². The van der Waals surface area contributed by atoms with Crippen LogP contribution in [-0.2, 0) is 0 Å². The molecule has 0 aliphatic carbocycles. The van der Waals surface area contributed by atoms with Crippen LogP contribution in [0.3, 0.4) is 0 Å². The summed E-state index contributed by atoms with van der Waals surface area (Å²) in [6, 6.07) is 12.2. The smallest absolute Gasteiger partial charge is 0.165 e. The fourth-order valence-electron chi connectivity index (χ4n) is 1.93. The first-order chi connectivity index (χ1) is 9.16. The molecule has 0 saturated carbocycles. The Morgan fingerprint density at radius 3 is 2.63 bits per heavy atom. The number of nitrogens with zero attached hydrogens (tertiary/aromatic N) is 1. The number of benzene rings is 1. The summed E-state index contributed by atoms with van der Waals surface area (Å²) in [5.74, 6) is -0.168. The fraction of sp³-hybridized carbons (Fsp3) is 0.267. The van der Waals surface area contributed by atoms with Crippen LogP contribution in [0.25, 0.3) is 0 Å². The largest absolute Gasteiger partial charge is 0.388 e. The number of halogens is 1. The third-order valence-corrected chi connectivity index (χ3v) is 2.90. The maximum atomic E-state index is 13.4. The van der Waals surface area contributed by atoms with Gasteiger partial charge in [0.15, 0.2) is 11.6 Å². The number of hydrogen-bond acceptors (Lipinski definition) is 3. The number of nitrogens with one attached hydrogen (secondary N) is 1. The lowest BCUT2D eigenvalue weighted by molar-refractivity contribution is 0.162. The van der Waals surface area contributed by atoms with E-state index in [2.05, 4.69) is 10.3 Å². The lowest BCUT2D eigenvalue weighted by Crippen LogP contribution is -2.20. The van der Waals surface area contributed by atoms with E-state index in [0.29, 0.717) is 6.42 Å². The quantitative estimate of drug-likeness (QED) is 0.868. The molecule has 2 N–H and O–H groups in total. The minimum Gasteiger partial charge on any atom is -0.388 e. The Morgan fingerprint density at radius 1 is 1.21 bits per heavy atom. The molecule has 2 atom stereocenters. The van der Waals surface area contributed by atoms with E-state index < -0.39 is 6.10 Å².